The molecule has 2 aliphatic rings. The van der Waals surface area contributed by atoms with Gasteiger partial charge in [-0.25, -0.2) is 4.79 Å². The predicted octanol–water partition coefficient (Wildman–Crippen LogP) is 1.82. The third-order valence-corrected chi connectivity index (χ3v) is 4.54. The van der Waals surface area contributed by atoms with Crippen LogP contribution < -0.4 is 15.4 Å². The van der Waals surface area contributed by atoms with E-state index in [0.29, 0.717) is 19.7 Å². The van der Waals surface area contributed by atoms with Crippen molar-refractivity contribution in [2.45, 2.75) is 38.3 Å². The summed E-state index contributed by atoms with van der Waals surface area (Å²) in [4.78, 5) is 25.4. The molecule has 2 N–H and O–H groups in total. The average molecular weight is 317 g/mol. The second kappa shape index (κ2) is 6.89. The predicted molar refractivity (Wildman–Crippen MR) is 86.2 cm³/mol. The molecule has 2 aliphatic heterocycles. The fraction of sp³-hybridized carbons (Fsp3) is 0.529. The minimum atomic E-state index is -0.145. The van der Waals surface area contributed by atoms with E-state index in [2.05, 4.69) is 10.6 Å². The summed E-state index contributed by atoms with van der Waals surface area (Å²) in [5.74, 6) is 0.950. The zero-order chi connectivity index (χ0) is 16.2. The Bertz CT molecular complexity index is 582. The molecule has 1 atom stereocenters. The number of carbonyl (C=O) groups is 2. The summed E-state index contributed by atoms with van der Waals surface area (Å²) in [6.45, 7) is 3.61. The summed E-state index contributed by atoms with van der Waals surface area (Å²) in [6, 6.07) is 7.77. The largest absolute Gasteiger partial charge is 0.493 e. The van der Waals surface area contributed by atoms with Gasteiger partial charge in [-0.2, -0.15) is 0 Å². The molecular formula is C17H23N3O3. The molecule has 0 bridgehead atoms. The van der Waals surface area contributed by atoms with Crippen molar-refractivity contribution in [1.82, 2.24) is 15.5 Å². The van der Waals surface area contributed by atoms with Gasteiger partial charge in [0.1, 0.15) is 5.75 Å². The highest BCUT2D eigenvalue weighted by Crippen LogP contribution is 2.31. The molecular weight excluding hydrogens is 294 g/mol. The van der Waals surface area contributed by atoms with E-state index in [9.17, 15) is 9.59 Å². The monoisotopic (exact) mass is 317 g/mol. The second-order valence-corrected chi connectivity index (χ2v) is 6.13. The van der Waals surface area contributed by atoms with Crippen LogP contribution in [0.1, 0.15) is 37.8 Å². The average Bonchev–Trinajstić information content (AvgIpc) is 2.55. The Labute approximate surface area is 136 Å². The number of amides is 3. The molecule has 2 heterocycles. The van der Waals surface area contributed by atoms with Crippen LogP contribution in [0.2, 0.25) is 0 Å². The van der Waals surface area contributed by atoms with Gasteiger partial charge in [-0.1, -0.05) is 18.2 Å². The van der Waals surface area contributed by atoms with Crippen LogP contribution in [0.15, 0.2) is 24.3 Å². The molecule has 0 radical (unpaired) electrons. The van der Waals surface area contributed by atoms with Gasteiger partial charge in [-0.3, -0.25) is 4.79 Å². The zero-order valence-electron chi connectivity index (χ0n) is 13.4. The van der Waals surface area contributed by atoms with Crippen LogP contribution in [0.25, 0.3) is 0 Å². The maximum atomic E-state index is 12.3. The Morgan fingerprint density at radius 3 is 2.61 bits per heavy atom. The van der Waals surface area contributed by atoms with Crippen molar-refractivity contribution in [1.29, 1.82) is 0 Å². The van der Waals surface area contributed by atoms with Crippen LogP contribution >= 0.6 is 0 Å². The number of nitrogens with one attached hydrogen (secondary N) is 2. The molecule has 6 heteroatoms. The van der Waals surface area contributed by atoms with Gasteiger partial charge in [0.15, 0.2) is 0 Å². The Hall–Kier alpha value is -2.24. The number of fused-ring (bicyclic) bond motifs is 1. The van der Waals surface area contributed by atoms with Gasteiger partial charge in [0, 0.05) is 38.0 Å². The van der Waals surface area contributed by atoms with Crippen LogP contribution in [0.4, 0.5) is 4.79 Å². The van der Waals surface area contributed by atoms with Gasteiger partial charge in [0.2, 0.25) is 5.91 Å². The normalized spacial score (nSPS) is 21.1. The van der Waals surface area contributed by atoms with Crippen LogP contribution in [0.5, 0.6) is 5.75 Å². The molecule has 6 nitrogen and oxygen atoms in total. The lowest BCUT2D eigenvalue weighted by molar-refractivity contribution is -0.129. The molecule has 3 rings (SSSR count). The number of hydrogen-bond donors (Lipinski definition) is 2. The highest BCUT2D eigenvalue weighted by Gasteiger charge is 2.25. The van der Waals surface area contributed by atoms with Crippen molar-refractivity contribution in [2.24, 2.45) is 0 Å². The van der Waals surface area contributed by atoms with Crippen LogP contribution in [-0.2, 0) is 4.79 Å². The molecule has 3 amide bonds. The minimum absolute atomic E-state index is 0.0164. The third kappa shape index (κ3) is 3.75. The van der Waals surface area contributed by atoms with Crippen molar-refractivity contribution in [3.8, 4) is 5.75 Å². The number of carbonyl (C=O) groups excluding carboxylic acids is 2. The summed E-state index contributed by atoms with van der Waals surface area (Å²) in [5, 5.41) is 6.07. The maximum absolute atomic E-state index is 12.3. The zero-order valence-corrected chi connectivity index (χ0v) is 13.4. The molecule has 0 aromatic heterocycles. The Kier molecular flexibility index (Phi) is 4.69. The van der Waals surface area contributed by atoms with Gasteiger partial charge < -0.3 is 20.3 Å². The van der Waals surface area contributed by atoms with Crippen LogP contribution in [0, 0.1) is 0 Å². The van der Waals surface area contributed by atoms with E-state index < -0.39 is 0 Å². The summed E-state index contributed by atoms with van der Waals surface area (Å²) in [7, 11) is 0. The molecule has 0 aliphatic carbocycles. The SMILES string of the molecule is CC(=O)N1CCC(NC(=O)N[C@H]2CCOc3ccccc32)CC1. The van der Waals surface area contributed by atoms with E-state index in [4.69, 9.17) is 4.74 Å². The van der Waals surface area contributed by atoms with Gasteiger partial charge >= 0.3 is 6.03 Å². The maximum Gasteiger partial charge on any atom is 0.315 e. The fourth-order valence-electron chi connectivity index (χ4n) is 3.22. The Morgan fingerprint density at radius 1 is 1.13 bits per heavy atom. The lowest BCUT2D eigenvalue weighted by Gasteiger charge is -2.32. The Balaban J connectivity index is 1.52. The molecule has 1 saturated heterocycles. The highest BCUT2D eigenvalue weighted by molar-refractivity contribution is 5.75. The first-order valence-corrected chi connectivity index (χ1v) is 8.18. The molecule has 1 fully saturated rings. The number of hydrogen-bond acceptors (Lipinski definition) is 3. The molecule has 1 aromatic rings. The lowest BCUT2D eigenvalue weighted by atomic mass is 10.0. The molecule has 1 aromatic carbocycles. The number of piperidine rings is 1. The van der Waals surface area contributed by atoms with E-state index in [1.807, 2.05) is 29.2 Å². The summed E-state index contributed by atoms with van der Waals surface area (Å²) < 4.78 is 5.61. The van der Waals surface area contributed by atoms with Gasteiger partial charge in [0.05, 0.1) is 12.6 Å². The van der Waals surface area contributed by atoms with E-state index in [0.717, 1.165) is 30.6 Å². The van der Waals surface area contributed by atoms with Crippen molar-refractivity contribution < 1.29 is 14.3 Å². The minimum Gasteiger partial charge on any atom is -0.493 e. The van der Waals surface area contributed by atoms with Crippen molar-refractivity contribution in [3.63, 3.8) is 0 Å². The number of ether oxygens (including phenoxy) is 1. The quantitative estimate of drug-likeness (QED) is 0.874. The number of urea groups is 1. The first kappa shape index (κ1) is 15.6. The van der Waals surface area contributed by atoms with Crippen molar-refractivity contribution >= 4 is 11.9 Å². The number of para-hydroxylation sites is 1. The van der Waals surface area contributed by atoms with Crippen molar-refractivity contribution in [3.05, 3.63) is 29.8 Å². The fourth-order valence-corrected chi connectivity index (χ4v) is 3.22. The van der Waals surface area contributed by atoms with Crippen LogP contribution in [0.3, 0.4) is 0 Å². The molecule has 23 heavy (non-hydrogen) atoms. The van der Waals surface area contributed by atoms with E-state index in [1.54, 1.807) is 6.92 Å². The third-order valence-electron chi connectivity index (χ3n) is 4.54. The molecule has 0 spiro atoms. The first-order chi connectivity index (χ1) is 11.1. The smallest absolute Gasteiger partial charge is 0.315 e. The van der Waals surface area contributed by atoms with E-state index in [-0.39, 0.29) is 24.0 Å². The van der Waals surface area contributed by atoms with Gasteiger partial charge in [-0.15, -0.1) is 0 Å². The molecule has 124 valence electrons. The summed E-state index contributed by atoms with van der Waals surface area (Å²) >= 11 is 0. The van der Waals surface area contributed by atoms with Crippen LogP contribution in [-0.4, -0.2) is 42.6 Å². The number of rotatable bonds is 2. The number of benzene rings is 1. The lowest BCUT2D eigenvalue weighted by Crippen LogP contribution is -2.49. The van der Waals surface area contributed by atoms with Gasteiger partial charge in [-0.05, 0) is 18.9 Å². The first-order valence-electron chi connectivity index (χ1n) is 8.18. The van der Waals surface area contributed by atoms with E-state index in [1.165, 1.54) is 0 Å². The second-order valence-electron chi connectivity index (χ2n) is 6.13. The Morgan fingerprint density at radius 2 is 1.87 bits per heavy atom. The highest BCUT2D eigenvalue weighted by atomic mass is 16.5. The standard InChI is InChI=1S/C17H23N3O3/c1-12(21)20-9-6-13(7-10-20)18-17(22)19-15-8-11-23-16-5-3-2-4-14(15)16/h2-5,13,15H,6-11H2,1H3,(H2,18,19,22)/t15-/m0/s1. The van der Waals surface area contributed by atoms with E-state index >= 15 is 0 Å². The molecule has 0 unspecified atom stereocenters. The summed E-state index contributed by atoms with van der Waals surface area (Å²) in [5.41, 5.74) is 1.03. The number of nitrogens with zero attached hydrogens (tertiary/aromatic N) is 1. The van der Waals surface area contributed by atoms with Gasteiger partial charge in [0.25, 0.3) is 0 Å². The topological polar surface area (TPSA) is 70.7 Å². The van der Waals surface area contributed by atoms with Crippen molar-refractivity contribution in [2.75, 3.05) is 19.7 Å². The number of likely N-dealkylation sites (tertiary alicyclic amines) is 1. The molecule has 0 saturated carbocycles. The summed E-state index contributed by atoms with van der Waals surface area (Å²) in [6.07, 6.45) is 2.38.